The van der Waals surface area contributed by atoms with Crippen LogP contribution in [0.4, 0.5) is 0 Å². The van der Waals surface area contributed by atoms with Crippen molar-refractivity contribution in [1.82, 2.24) is 15.5 Å². The van der Waals surface area contributed by atoms with Gasteiger partial charge in [-0.25, -0.2) is 9.98 Å². The Hall–Kier alpha value is -3.38. The Kier molecular flexibility index (Phi) is 27.9. The lowest BCUT2D eigenvalue weighted by molar-refractivity contribution is -0.120. The molecule has 0 spiro atoms. The van der Waals surface area contributed by atoms with Crippen LogP contribution in [0.3, 0.4) is 0 Å². The quantitative estimate of drug-likeness (QED) is 0.0159. The number of benzene rings is 1. The molecule has 6 atom stereocenters. The van der Waals surface area contributed by atoms with Gasteiger partial charge >= 0.3 is 0 Å². The van der Waals surface area contributed by atoms with E-state index in [-0.39, 0.29) is 5.78 Å². The van der Waals surface area contributed by atoms with Gasteiger partial charge in [-0.3, -0.25) is 19.3 Å². The summed E-state index contributed by atoms with van der Waals surface area (Å²) >= 11 is 3.98. The molecule has 2 fully saturated rings. The maximum absolute atomic E-state index is 13.0. The number of rotatable bonds is 42. The van der Waals surface area contributed by atoms with Gasteiger partial charge in [-0.15, -0.1) is 0 Å². The Morgan fingerprint density at radius 2 is 1.09 bits per heavy atom. The Morgan fingerprint density at radius 3 is 1.61 bits per heavy atom. The van der Waals surface area contributed by atoms with Gasteiger partial charge in [0.15, 0.2) is 17.7 Å². The third-order valence-corrected chi connectivity index (χ3v) is 16.6. The predicted octanol–water partition coefficient (Wildman–Crippen LogP) is 8.29. The Morgan fingerprint density at radius 1 is 0.623 bits per heavy atom. The van der Waals surface area contributed by atoms with Crippen molar-refractivity contribution in [3.05, 3.63) is 45.8 Å². The average Bonchev–Trinajstić information content (AvgIpc) is 4.11. The van der Waals surface area contributed by atoms with E-state index < -0.39 is 0 Å². The lowest BCUT2D eigenvalue weighted by Gasteiger charge is -2.23. The Labute approximate surface area is 420 Å². The molecule has 0 aromatic heterocycles. The molecule has 386 valence electrons. The summed E-state index contributed by atoms with van der Waals surface area (Å²) in [4.78, 5) is 52.6. The normalized spacial score (nSPS) is 21.3. The highest BCUT2D eigenvalue weighted by Crippen LogP contribution is 2.36. The molecule has 1 aromatic carbocycles. The molecule has 0 radical (unpaired) electrons. The van der Waals surface area contributed by atoms with Crippen molar-refractivity contribution in [2.75, 3.05) is 70.8 Å². The maximum atomic E-state index is 13.0. The highest BCUT2D eigenvalue weighted by Gasteiger charge is 2.41. The van der Waals surface area contributed by atoms with Crippen LogP contribution in [0.5, 0.6) is 0 Å². The summed E-state index contributed by atoms with van der Waals surface area (Å²) in [5, 5.41) is 11.0. The van der Waals surface area contributed by atoms with E-state index in [1.54, 1.807) is 0 Å². The molecule has 0 saturated carbocycles. The summed E-state index contributed by atoms with van der Waals surface area (Å²) in [7, 11) is 0. The monoisotopic (exact) mass is 997 g/mol. The first kappa shape index (κ1) is 56.5. The number of carbonyl (C=O) groups is 3. The smallest absolute Gasteiger partial charge is 0.189 e. The summed E-state index contributed by atoms with van der Waals surface area (Å²) < 4.78 is 16.4. The van der Waals surface area contributed by atoms with Crippen molar-refractivity contribution in [2.45, 2.75) is 182 Å². The van der Waals surface area contributed by atoms with Crippen molar-refractivity contribution in [2.24, 2.45) is 26.6 Å². The Bertz CT molecular complexity index is 1690. The summed E-state index contributed by atoms with van der Waals surface area (Å²) in [6.45, 7) is 5.90. The number of fused-ring (bicyclic) bond motifs is 2. The van der Waals surface area contributed by atoms with Crippen LogP contribution in [-0.4, -0.2) is 140 Å². The number of hydrogen-bond donors (Lipinski definition) is 4. The van der Waals surface area contributed by atoms with Crippen LogP contribution >= 0.6 is 23.5 Å². The van der Waals surface area contributed by atoms with Gasteiger partial charge in [0.25, 0.3) is 0 Å². The summed E-state index contributed by atoms with van der Waals surface area (Å²) in [5.74, 6) is 4.22. The molecule has 69 heavy (non-hydrogen) atoms. The number of thioether (sulfide) groups is 2. The standard InChI is InChI=1S/C51H84N10O6S2/c52-50-56-43-37-68-46(48(43)58-50)21-11-9-18-41(62)16-7-3-1-5-13-28-61(29-14-6-2-4-8-17-42(63)19-10-12-22-47-49-44(38-69-47)57-51(53)59-49)36-39-23-25-40(26-24-39)45(64)20-15-30-65-32-34-67-35-33-66-31-27-55-60-54/h23-26,43-44,46-49H,1-22,27-38H2,(H3,52,56,58)(H3,53,57,59). The van der Waals surface area contributed by atoms with E-state index in [1.807, 2.05) is 35.7 Å². The molecule has 6 unspecified atom stereocenters. The molecular formula is C51H84N10O6S2. The number of nitrogens with zero attached hydrogens (tertiary/aromatic N) is 6. The molecule has 0 bridgehead atoms. The van der Waals surface area contributed by atoms with Crippen molar-refractivity contribution in [3.8, 4) is 0 Å². The molecule has 0 aliphatic carbocycles. The van der Waals surface area contributed by atoms with E-state index in [0.29, 0.717) is 143 Å². The number of Topliss-reactive ketones (excluding diaryl/α,β-unsaturated/α-hetero) is 3. The van der Waals surface area contributed by atoms with Crippen molar-refractivity contribution >= 4 is 52.8 Å². The minimum Gasteiger partial charge on any atom is -0.379 e. The zero-order chi connectivity index (χ0) is 48.7. The highest BCUT2D eigenvalue weighted by atomic mass is 32.2. The van der Waals surface area contributed by atoms with Crippen molar-refractivity contribution in [1.29, 1.82) is 0 Å². The number of nitrogens with two attached hydrogens (primary N) is 2. The van der Waals surface area contributed by atoms with Gasteiger partial charge in [0.1, 0.15) is 11.6 Å². The number of carbonyl (C=O) groups excluding carboxylic acids is 3. The summed E-state index contributed by atoms with van der Waals surface area (Å²) in [6.07, 6.45) is 21.2. The van der Waals surface area contributed by atoms with Gasteiger partial charge in [0.2, 0.25) is 0 Å². The molecule has 0 amide bonds. The average molecular weight is 997 g/mol. The highest BCUT2D eigenvalue weighted by molar-refractivity contribution is 8.00. The summed E-state index contributed by atoms with van der Waals surface area (Å²) in [5.41, 5.74) is 22.0. The number of azide groups is 1. The van der Waals surface area contributed by atoms with Gasteiger partial charge in [-0.1, -0.05) is 80.7 Å². The zero-order valence-corrected chi connectivity index (χ0v) is 43.1. The fraction of sp³-hybridized carbons (Fsp3) is 0.784. The van der Waals surface area contributed by atoms with Crippen LogP contribution in [0.2, 0.25) is 0 Å². The van der Waals surface area contributed by atoms with Crippen LogP contribution in [-0.2, 0) is 30.3 Å². The molecular weight excluding hydrogens is 913 g/mol. The number of ketones is 3. The second-order valence-corrected chi connectivity index (χ2v) is 21.7. The third-order valence-electron chi connectivity index (χ3n) is 13.6. The van der Waals surface area contributed by atoms with Gasteiger partial charge in [0.05, 0.1) is 57.2 Å². The topological polar surface area (TPSA) is 232 Å². The molecule has 6 N–H and O–H groups in total. The first-order chi connectivity index (χ1) is 33.8. The van der Waals surface area contributed by atoms with E-state index in [2.05, 4.69) is 47.7 Å². The number of ether oxygens (including phenoxy) is 3. The molecule has 18 heteroatoms. The zero-order valence-electron chi connectivity index (χ0n) is 41.4. The molecule has 16 nitrogen and oxygen atoms in total. The van der Waals surface area contributed by atoms with Crippen LogP contribution in [0.25, 0.3) is 10.4 Å². The minimum atomic E-state index is 0.125. The van der Waals surface area contributed by atoms with Gasteiger partial charge < -0.3 is 36.3 Å². The molecule has 2 saturated heterocycles. The van der Waals surface area contributed by atoms with Crippen LogP contribution in [0.1, 0.15) is 157 Å². The van der Waals surface area contributed by atoms with Crippen LogP contribution in [0.15, 0.2) is 39.4 Å². The summed E-state index contributed by atoms with van der Waals surface area (Å²) in [6, 6.07) is 9.50. The predicted molar refractivity (Wildman–Crippen MR) is 281 cm³/mol. The lowest BCUT2D eigenvalue weighted by atomic mass is 10.0. The first-order valence-corrected chi connectivity index (χ1v) is 28.4. The SMILES string of the molecule is [N-]=[N+]=NCCOCCOCCOCCCC(=O)c1ccc(CN(CCCCCCCC(=O)CCCCC2SCC3NC(N)=NC32)CCCCCCCC(=O)CCCCC2SCC3NC(N)=NC32)cc1. The molecule has 5 rings (SSSR count). The largest absolute Gasteiger partial charge is 0.379 e. The van der Waals surface area contributed by atoms with E-state index in [1.165, 1.54) is 5.56 Å². The van der Waals surface area contributed by atoms with E-state index in [0.717, 1.165) is 139 Å². The Balaban J connectivity index is 0.918. The van der Waals surface area contributed by atoms with E-state index in [4.69, 9.17) is 31.2 Å². The van der Waals surface area contributed by atoms with Crippen LogP contribution < -0.4 is 22.1 Å². The van der Waals surface area contributed by atoms with Gasteiger partial charge in [-0.2, -0.15) is 23.5 Å². The van der Waals surface area contributed by atoms with Crippen molar-refractivity contribution < 1.29 is 28.6 Å². The number of unbranched alkanes of at least 4 members (excludes halogenated alkanes) is 10. The number of aliphatic imine (C=N–C) groups is 2. The second-order valence-electron chi connectivity index (χ2n) is 19.2. The molecule has 4 aliphatic rings. The molecule has 4 aliphatic heterocycles. The number of hydrogen-bond acceptors (Lipinski definition) is 16. The van der Waals surface area contributed by atoms with E-state index >= 15 is 0 Å². The minimum absolute atomic E-state index is 0.125. The fourth-order valence-corrected chi connectivity index (χ4v) is 12.7. The fourth-order valence-electron chi connectivity index (χ4n) is 9.71. The first-order valence-electron chi connectivity index (χ1n) is 26.3. The number of guanidine groups is 2. The number of nitrogens with one attached hydrogen (secondary N) is 2. The molecule has 1 aromatic rings. The van der Waals surface area contributed by atoms with Crippen LogP contribution in [0, 0.1) is 0 Å². The van der Waals surface area contributed by atoms with Crippen molar-refractivity contribution in [3.63, 3.8) is 0 Å². The van der Waals surface area contributed by atoms with Gasteiger partial charge in [0, 0.05) is 84.3 Å². The van der Waals surface area contributed by atoms with E-state index in [9.17, 15) is 14.4 Å². The lowest BCUT2D eigenvalue weighted by Crippen LogP contribution is -2.38. The maximum Gasteiger partial charge on any atom is 0.189 e. The second kappa shape index (κ2) is 34.1. The third kappa shape index (κ3) is 22.7. The molecule has 4 heterocycles. The van der Waals surface area contributed by atoms with Gasteiger partial charge in [-0.05, 0) is 82.0 Å².